The highest BCUT2D eigenvalue weighted by Crippen LogP contribution is 2.38. The summed E-state index contributed by atoms with van der Waals surface area (Å²) < 4.78 is 26.7. The van der Waals surface area contributed by atoms with Gasteiger partial charge in [-0.3, -0.25) is 4.79 Å². The van der Waals surface area contributed by atoms with E-state index >= 15 is 0 Å². The average molecular weight is 405 g/mol. The number of carbonyl (C=O) groups excluding carboxylic acids is 1. The van der Waals surface area contributed by atoms with Crippen LogP contribution in [0.2, 0.25) is 0 Å². The number of halogens is 2. The first-order valence-corrected chi connectivity index (χ1v) is 11.0. The molecule has 0 spiro atoms. The second kappa shape index (κ2) is 7.18. The molecule has 0 N–H and O–H groups in total. The molecule has 5 rings (SSSR count). The lowest BCUT2D eigenvalue weighted by molar-refractivity contribution is -0.134. The van der Waals surface area contributed by atoms with Crippen molar-refractivity contribution < 1.29 is 13.6 Å². The first kappa shape index (κ1) is 19.2. The van der Waals surface area contributed by atoms with E-state index in [4.69, 9.17) is 4.98 Å². The van der Waals surface area contributed by atoms with Crippen LogP contribution in [0.3, 0.4) is 0 Å². The molecule has 1 saturated carbocycles. The topological polar surface area (TPSA) is 39.7 Å². The predicted octanol–water partition coefficient (Wildman–Crippen LogP) is 3.42. The van der Waals surface area contributed by atoms with E-state index < -0.39 is 5.92 Å². The van der Waals surface area contributed by atoms with Crippen LogP contribution in [-0.4, -0.2) is 58.8 Å². The summed E-state index contributed by atoms with van der Waals surface area (Å²) in [6.45, 7) is 3.31. The fourth-order valence-corrected chi connectivity index (χ4v) is 5.73. The molecule has 1 aliphatic carbocycles. The molecule has 1 aromatic heterocycles. The van der Waals surface area contributed by atoms with E-state index in [1.54, 1.807) is 0 Å². The van der Waals surface area contributed by atoms with E-state index in [-0.39, 0.29) is 24.7 Å². The van der Waals surface area contributed by atoms with E-state index in [9.17, 15) is 13.6 Å². The second-order valence-electron chi connectivity index (χ2n) is 9.54. The Morgan fingerprint density at radius 1 is 1.10 bits per heavy atom. The monoisotopic (exact) mass is 404 g/mol. The van der Waals surface area contributed by atoms with Crippen LogP contribution >= 0.6 is 0 Å². The Kier molecular flexibility index (Phi) is 4.76. The van der Waals surface area contributed by atoms with Crippen molar-refractivity contribution >= 4 is 11.7 Å². The smallest absolute Gasteiger partial charge is 0.248 e. The lowest BCUT2D eigenvalue weighted by atomic mass is 9.84. The molecule has 3 aliphatic heterocycles. The highest BCUT2D eigenvalue weighted by atomic mass is 19.3. The number of hydrogen-bond acceptors (Lipinski definition) is 4. The molecular weight excluding hydrogens is 374 g/mol. The molecule has 0 radical (unpaired) electrons. The van der Waals surface area contributed by atoms with E-state index in [2.05, 4.69) is 29.0 Å². The number of rotatable bonds is 3. The van der Waals surface area contributed by atoms with Crippen LogP contribution in [0.5, 0.6) is 0 Å². The maximum absolute atomic E-state index is 13.4. The molecule has 1 aromatic rings. The summed E-state index contributed by atoms with van der Waals surface area (Å²) in [4.78, 5) is 24.5. The standard InChI is InChI=1S/C22H30F2N4O/c1-26-12-17-3-4-18(13-26)28(17)20-5-2-16-11-27(14-19(16)25-20)21(29)10-15-6-8-22(23,24)9-7-15/h2,5,15,17-18H,3-4,6-14H2,1H3. The van der Waals surface area contributed by atoms with Crippen molar-refractivity contribution in [2.45, 2.75) is 76.0 Å². The number of alkyl halides is 2. The highest BCUT2D eigenvalue weighted by Gasteiger charge is 2.40. The van der Waals surface area contributed by atoms with Crippen LogP contribution in [0.25, 0.3) is 0 Å². The summed E-state index contributed by atoms with van der Waals surface area (Å²) in [7, 11) is 2.19. The number of likely N-dealkylation sites (N-methyl/N-ethyl adjacent to an activating group) is 1. The van der Waals surface area contributed by atoms with Crippen molar-refractivity contribution in [2.24, 2.45) is 5.92 Å². The third kappa shape index (κ3) is 3.74. The number of piperazine rings is 1. The summed E-state index contributed by atoms with van der Waals surface area (Å²) in [5.74, 6) is -1.31. The molecule has 158 valence electrons. The zero-order valence-electron chi connectivity index (χ0n) is 17.1. The number of hydrogen-bond donors (Lipinski definition) is 0. The Hall–Kier alpha value is -1.76. The van der Waals surface area contributed by atoms with Gasteiger partial charge in [-0.25, -0.2) is 13.8 Å². The molecule has 2 unspecified atom stereocenters. The Morgan fingerprint density at radius 2 is 1.79 bits per heavy atom. The summed E-state index contributed by atoms with van der Waals surface area (Å²) in [5.41, 5.74) is 2.13. The summed E-state index contributed by atoms with van der Waals surface area (Å²) >= 11 is 0. The summed E-state index contributed by atoms with van der Waals surface area (Å²) in [6, 6.07) is 5.32. The highest BCUT2D eigenvalue weighted by molar-refractivity contribution is 5.77. The van der Waals surface area contributed by atoms with Gasteiger partial charge in [0.25, 0.3) is 0 Å². The number of nitrogens with zero attached hydrogens (tertiary/aromatic N) is 4. The van der Waals surface area contributed by atoms with Crippen molar-refractivity contribution in [2.75, 3.05) is 25.0 Å². The SMILES string of the molecule is CN1CC2CCC(C1)N2c1ccc2c(n1)CN(C(=O)CC1CCC(F)(F)CC1)C2. The molecule has 29 heavy (non-hydrogen) atoms. The number of pyridine rings is 1. The Labute approximate surface area is 171 Å². The van der Waals surface area contributed by atoms with Gasteiger partial charge >= 0.3 is 0 Å². The molecule has 4 heterocycles. The van der Waals surface area contributed by atoms with Gasteiger partial charge < -0.3 is 14.7 Å². The minimum Gasteiger partial charge on any atom is -0.348 e. The molecule has 0 aromatic carbocycles. The van der Waals surface area contributed by atoms with Crippen LogP contribution in [0.1, 0.15) is 56.2 Å². The van der Waals surface area contributed by atoms with Crippen LogP contribution in [0, 0.1) is 5.92 Å². The molecule has 7 heteroatoms. The van der Waals surface area contributed by atoms with E-state index in [1.807, 2.05) is 4.90 Å². The van der Waals surface area contributed by atoms with Crippen molar-refractivity contribution in [3.63, 3.8) is 0 Å². The van der Waals surface area contributed by atoms with Gasteiger partial charge in [0.1, 0.15) is 5.82 Å². The van der Waals surface area contributed by atoms with Gasteiger partial charge in [-0.05, 0) is 50.3 Å². The van der Waals surface area contributed by atoms with Crippen LogP contribution in [0.15, 0.2) is 12.1 Å². The third-order valence-electron chi connectivity index (χ3n) is 7.34. The number of fused-ring (bicyclic) bond motifs is 3. The zero-order valence-corrected chi connectivity index (χ0v) is 17.1. The van der Waals surface area contributed by atoms with Gasteiger partial charge in [-0.1, -0.05) is 6.07 Å². The Bertz CT molecular complexity index is 777. The molecule has 4 aliphatic rings. The summed E-state index contributed by atoms with van der Waals surface area (Å²) in [5, 5.41) is 0. The van der Waals surface area contributed by atoms with E-state index in [0.717, 1.165) is 30.2 Å². The average Bonchev–Trinajstić information content (AvgIpc) is 3.22. The van der Waals surface area contributed by atoms with E-state index in [0.29, 0.717) is 44.4 Å². The quantitative estimate of drug-likeness (QED) is 0.774. The van der Waals surface area contributed by atoms with Crippen molar-refractivity contribution in [3.05, 3.63) is 23.4 Å². The number of amides is 1. The fourth-order valence-electron chi connectivity index (χ4n) is 5.73. The lowest BCUT2D eigenvalue weighted by Crippen LogP contribution is -2.52. The summed E-state index contributed by atoms with van der Waals surface area (Å²) in [6.07, 6.45) is 3.58. The predicted molar refractivity (Wildman–Crippen MR) is 107 cm³/mol. The number of aromatic nitrogens is 1. The van der Waals surface area contributed by atoms with Crippen LogP contribution < -0.4 is 4.90 Å². The van der Waals surface area contributed by atoms with Crippen LogP contribution in [-0.2, 0) is 17.9 Å². The lowest BCUT2D eigenvalue weighted by Gasteiger charge is -2.40. The van der Waals surface area contributed by atoms with Gasteiger partial charge in [0.2, 0.25) is 11.8 Å². The van der Waals surface area contributed by atoms with Crippen molar-refractivity contribution in [3.8, 4) is 0 Å². The van der Waals surface area contributed by atoms with Crippen molar-refractivity contribution in [1.29, 1.82) is 0 Å². The normalized spacial score (nSPS) is 29.3. The maximum atomic E-state index is 13.4. The van der Waals surface area contributed by atoms with Gasteiger partial charge in [0, 0.05) is 51.0 Å². The van der Waals surface area contributed by atoms with Gasteiger partial charge in [0.15, 0.2) is 0 Å². The first-order valence-electron chi connectivity index (χ1n) is 11.0. The minimum atomic E-state index is -2.54. The van der Waals surface area contributed by atoms with Gasteiger partial charge in [-0.2, -0.15) is 0 Å². The Morgan fingerprint density at radius 3 is 2.48 bits per heavy atom. The maximum Gasteiger partial charge on any atom is 0.248 e. The molecular formula is C22H30F2N4O. The van der Waals surface area contributed by atoms with E-state index in [1.165, 1.54) is 12.8 Å². The molecule has 2 saturated heterocycles. The molecule has 2 bridgehead atoms. The molecule has 5 nitrogen and oxygen atoms in total. The number of likely N-dealkylation sites (tertiary alicyclic amines) is 1. The molecule has 3 fully saturated rings. The van der Waals surface area contributed by atoms with Gasteiger partial charge in [0.05, 0.1) is 12.2 Å². The second-order valence-corrected chi connectivity index (χ2v) is 9.54. The zero-order chi connectivity index (χ0) is 20.2. The largest absolute Gasteiger partial charge is 0.348 e. The van der Waals surface area contributed by atoms with Gasteiger partial charge in [-0.15, -0.1) is 0 Å². The Balaban J connectivity index is 1.23. The van der Waals surface area contributed by atoms with Crippen LogP contribution in [0.4, 0.5) is 14.6 Å². The number of carbonyl (C=O) groups is 1. The van der Waals surface area contributed by atoms with Crippen molar-refractivity contribution in [1.82, 2.24) is 14.8 Å². The third-order valence-corrected chi connectivity index (χ3v) is 7.34. The molecule has 1 amide bonds. The molecule has 2 atom stereocenters. The number of anilines is 1. The first-order chi connectivity index (χ1) is 13.9. The minimum absolute atomic E-state index is 0.0799. The fraction of sp³-hybridized carbons (Fsp3) is 0.727.